The Morgan fingerprint density at radius 1 is 1.23 bits per heavy atom. The van der Waals surface area contributed by atoms with Crippen molar-refractivity contribution in [1.82, 2.24) is 15.3 Å². The predicted octanol–water partition coefficient (Wildman–Crippen LogP) is 3.65. The van der Waals surface area contributed by atoms with E-state index in [9.17, 15) is 9.59 Å². The molecule has 1 aliphatic carbocycles. The lowest BCUT2D eigenvalue weighted by Crippen LogP contribution is -2.34. The molecule has 0 bridgehead atoms. The summed E-state index contributed by atoms with van der Waals surface area (Å²) in [5.74, 6) is 0.128. The number of amides is 1. The number of nitrogens with zero attached hydrogens (tertiary/aromatic N) is 1. The number of nitrogens with one attached hydrogen (secondary N) is 2. The zero-order chi connectivity index (χ0) is 19.1. The van der Waals surface area contributed by atoms with Crippen molar-refractivity contribution in [2.24, 2.45) is 5.41 Å². The van der Waals surface area contributed by atoms with Crippen LogP contribution in [0.1, 0.15) is 74.0 Å². The van der Waals surface area contributed by atoms with Gasteiger partial charge in [0.1, 0.15) is 11.5 Å². The van der Waals surface area contributed by atoms with Crippen LogP contribution in [-0.2, 0) is 5.41 Å². The minimum Gasteiger partial charge on any atom is -0.343 e. The van der Waals surface area contributed by atoms with Crippen LogP contribution < -0.4 is 10.9 Å². The first-order valence-corrected chi connectivity index (χ1v) is 9.08. The molecule has 0 aliphatic heterocycles. The number of aryl methyl sites for hydroxylation is 1. The second-order valence-corrected chi connectivity index (χ2v) is 8.65. The molecule has 0 spiro atoms. The van der Waals surface area contributed by atoms with E-state index in [-0.39, 0.29) is 34.0 Å². The van der Waals surface area contributed by atoms with Crippen molar-refractivity contribution >= 4 is 5.91 Å². The van der Waals surface area contributed by atoms with E-state index in [1.807, 2.05) is 0 Å². The van der Waals surface area contributed by atoms with Crippen LogP contribution >= 0.6 is 0 Å². The molecule has 0 radical (unpaired) electrons. The smallest absolute Gasteiger partial charge is 0.270 e. The molecule has 1 aromatic carbocycles. The van der Waals surface area contributed by atoms with Crippen LogP contribution in [0.5, 0.6) is 0 Å². The summed E-state index contributed by atoms with van der Waals surface area (Å²) in [5, 5.41) is 3.11. The molecule has 1 heterocycles. The van der Waals surface area contributed by atoms with Gasteiger partial charge in [0, 0.05) is 6.07 Å². The Bertz CT molecular complexity index is 871. The monoisotopic (exact) mass is 353 g/mol. The van der Waals surface area contributed by atoms with Crippen LogP contribution in [0.3, 0.4) is 0 Å². The lowest BCUT2D eigenvalue weighted by Gasteiger charge is -2.26. The Balaban J connectivity index is 1.88. The van der Waals surface area contributed by atoms with Crippen molar-refractivity contribution in [3.8, 4) is 0 Å². The minimum atomic E-state index is -0.314. The van der Waals surface area contributed by atoms with Gasteiger partial charge in [0.15, 0.2) is 0 Å². The first-order chi connectivity index (χ1) is 12.1. The van der Waals surface area contributed by atoms with Crippen molar-refractivity contribution in [3.63, 3.8) is 0 Å². The summed E-state index contributed by atoms with van der Waals surface area (Å²) in [6.45, 7) is 10.4. The Kier molecular flexibility index (Phi) is 4.51. The highest BCUT2D eigenvalue weighted by Crippen LogP contribution is 2.54. The van der Waals surface area contributed by atoms with Gasteiger partial charge in [-0.2, -0.15) is 0 Å². The van der Waals surface area contributed by atoms with Crippen LogP contribution in [0.2, 0.25) is 0 Å². The molecule has 2 N–H and O–H groups in total. The maximum absolute atomic E-state index is 12.7. The molecule has 5 heteroatoms. The fourth-order valence-electron chi connectivity index (χ4n) is 3.22. The highest BCUT2D eigenvalue weighted by Gasteiger charge is 2.46. The third kappa shape index (κ3) is 3.87. The number of carbonyl (C=O) groups excluding carboxylic acids is 1. The topological polar surface area (TPSA) is 74.8 Å². The van der Waals surface area contributed by atoms with Crippen molar-refractivity contribution in [1.29, 1.82) is 0 Å². The van der Waals surface area contributed by atoms with Gasteiger partial charge in [-0.05, 0) is 41.7 Å². The maximum atomic E-state index is 12.7. The van der Waals surface area contributed by atoms with Gasteiger partial charge in [-0.25, -0.2) is 4.98 Å². The molecule has 1 saturated carbocycles. The van der Waals surface area contributed by atoms with Crippen LogP contribution in [-0.4, -0.2) is 15.9 Å². The molecular formula is C21H27N3O2. The highest BCUT2D eigenvalue weighted by atomic mass is 16.2. The Hall–Kier alpha value is -2.43. The standard InChI is InChI=1S/C21H27N3O2/c1-13-22-16(12-17(25)23-13)19(26)24-18(21(5)10-11-21)14-6-8-15(9-7-14)20(2,3)4/h6-9,12,18H,10-11H2,1-5H3,(H,24,26)(H,22,23,25). The highest BCUT2D eigenvalue weighted by molar-refractivity contribution is 5.92. The number of hydrogen-bond acceptors (Lipinski definition) is 3. The largest absolute Gasteiger partial charge is 0.343 e. The summed E-state index contributed by atoms with van der Waals surface area (Å²) in [5.41, 5.74) is 2.34. The molecule has 1 aromatic heterocycles. The number of hydrogen-bond donors (Lipinski definition) is 2. The minimum absolute atomic E-state index is 0.0507. The van der Waals surface area contributed by atoms with Gasteiger partial charge in [-0.3, -0.25) is 9.59 Å². The molecule has 2 aromatic rings. The van der Waals surface area contributed by atoms with Gasteiger partial charge in [0.05, 0.1) is 6.04 Å². The van der Waals surface area contributed by atoms with Crippen LogP contribution in [0.4, 0.5) is 0 Å². The average molecular weight is 353 g/mol. The Morgan fingerprint density at radius 3 is 2.35 bits per heavy atom. The third-order valence-electron chi connectivity index (χ3n) is 5.21. The van der Waals surface area contributed by atoms with E-state index in [2.05, 4.69) is 67.2 Å². The van der Waals surface area contributed by atoms with E-state index in [0.717, 1.165) is 18.4 Å². The van der Waals surface area contributed by atoms with E-state index in [1.165, 1.54) is 11.6 Å². The Morgan fingerprint density at radius 2 is 1.85 bits per heavy atom. The summed E-state index contributed by atoms with van der Waals surface area (Å²) < 4.78 is 0. The first kappa shape index (κ1) is 18.4. The Labute approximate surface area is 154 Å². The molecule has 1 aliphatic rings. The fourth-order valence-corrected chi connectivity index (χ4v) is 3.22. The third-order valence-corrected chi connectivity index (χ3v) is 5.21. The molecule has 26 heavy (non-hydrogen) atoms. The number of rotatable bonds is 4. The predicted molar refractivity (Wildman–Crippen MR) is 102 cm³/mol. The van der Waals surface area contributed by atoms with Gasteiger partial charge in [0.2, 0.25) is 0 Å². The first-order valence-electron chi connectivity index (χ1n) is 9.08. The van der Waals surface area contributed by atoms with E-state index in [1.54, 1.807) is 6.92 Å². The SMILES string of the molecule is Cc1nc(C(=O)NC(c2ccc(C(C)(C)C)cc2)C2(C)CC2)cc(=O)[nH]1. The van der Waals surface area contributed by atoms with E-state index in [0.29, 0.717) is 5.82 Å². The summed E-state index contributed by atoms with van der Waals surface area (Å²) >= 11 is 0. The number of benzene rings is 1. The van der Waals surface area contributed by atoms with Gasteiger partial charge in [-0.1, -0.05) is 52.0 Å². The summed E-state index contributed by atoms with van der Waals surface area (Å²) in [6.07, 6.45) is 2.14. The number of H-pyrrole nitrogens is 1. The lowest BCUT2D eigenvalue weighted by atomic mass is 9.84. The van der Waals surface area contributed by atoms with Crippen molar-refractivity contribution < 1.29 is 4.79 Å². The molecule has 5 nitrogen and oxygen atoms in total. The van der Waals surface area contributed by atoms with Crippen LogP contribution in [0, 0.1) is 12.3 Å². The van der Waals surface area contributed by atoms with Crippen LogP contribution in [0.25, 0.3) is 0 Å². The molecule has 0 saturated heterocycles. The van der Waals surface area contributed by atoms with E-state index in [4.69, 9.17) is 0 Å². The molecule has 1 atom stereocenters. The quantitative estimate of drug-likeness (QED) is 0.881. The number of aromatic amines is 1. The summed E-state index contributed by atoms with van der Waals surface area (Å²) in [7, 11) is 0. The van der Waals surface area contributed by atoms with Gasteiger partial charge in [-0.15, -0.1) is 0 Å². The summed E-state index contributed by atoms with van der Waals surface area (Å²) in [6, 6.07) is 9.63. The molecule has 138 valence electrons. The van der Waals surface area contributed by atoms with Gasteiger partial charge >= 0.3 is 0 Å². The maximum Gasteiger partial charge on any atom is 0.270 e. The second kappa shape index (κ2) is 6.38. The molecular weight excluding hydrogens is 326 g/mol. The zero-order valence-corrected chi connectivity index (χ0v) is 16.1. The number of carbonyl (C=O) groups is 1. The van der Waals surface area contributed by atoms with E-state index >= 15 is 0 Å². The van der Waals surface area contributed by atoms with Gasteiger partial charge in [0.25, 0.3) is 11.5 Å². The molecule has 3 rings (SSSR count). The van der Waals surface area contributed by atoms with Crippen LogP contribution in [0.15, 0.2) is 35.1 Å². The molecule has 1 unspecified atom stereocenters. The fraction of sp³-hybridized carbons (Fsp3) is 0.476. The van der Waals surface area contributed by atoms with Crippen molar-refractivity contribution in [3.05, 3.63) is 63.3 Å². The van der Waals surface area contributed by atoms with E-state index < -0.39 is 0 Å². The van der Waals surface area contributed by atoms with Gasteiger partial charge < -0.3 is 10.3 Å². The average Bonchev–Trinajstić information content (AvgIpc) is 3.29. The second-order valence-electron chi connectivity index (χ2n) is 8.65. The van der Waals surface area contributed by atoms with Crippen molar-refractivity contribution in [2.75, 3.05) is 0 Å². The molecule has 1 fully saturated rings. The number of aromatic nitrogens is 2. The lowest BCUT2D eigenvalue weighted by molar-refractivity contribution is 0.0913. The summed E-state index contributed by atoms with van der Waals surface area (Å²) in [4.78, 5) is 31.1. The molecule has 1 amide bonds. The van der Waals surface area contributed by atoms with Crippen molar-refractivity contribution in [2.45, 2.75) is 58.9 Å². The zero-order valence-electron chi connectivity index (χ0n) is 16.1. The normalized spacial score (nSPS) is 16.8.